The first-order chi connectivity index (χ1) is 15.5. The number of rotatable bonds is 7. The van der Waals surface area contributed by atoms with Crippen molar-refractivity contribution in [1.29, 1.82) is 0 Å². The summed E-state index contributed by atoms with van der Waals surface area (Å²) in [7, 11) is 1.63. The molecule has 0 aliphatic carbocycles. The highest BCUT2D eigenvalue weighted by atomic mass is 127. The Morgan fingerprint density at radius 3 is 2.50 bits per heavy atom. The molecule has 4 rings (SSSR count). The van der Waals surface area contributed by atoms with Crippen LogP contribution in [0.4, 0.5) is 0 Å². The van der Waals surface area contributed by atoms with Crippen molar-refractivity contribution < 1.29 is 14.3 Å². The molecule has 0 atom stereocenters. The summed E-state index contributed by atoms with van der Waals surface area (Å²) in [6.07, 6.45) is 3.40. The SMILES string of the molecule is COc1cc(/C=C/C(=O)c2ccc(C)cc2)cc(I)c1OCc1cccc2ccccc12. The van der Waals surface area contributed by atoms with Crippen molar-refractivity contribution in [2.75, 3.05) is 7.11 Å². The van der Waals surface area contributed by atoms with Crippen LogP contribution in [0.1, 0.15) is 27.0 Å². The van der Waals surface area contributed by atoms with Crippen molar-refractivity contribution in [3.8, 4) is 11.5 Å². The van der Waals surface area contributed by atoms with E-state index in [0.29, 0.717) is 23.7 Å². The second-order valence-electron chi connectivity index (χ2n) is 7.52. The zero-order valence-electron chi connectivity index (χ0n) is 18.0. The number of ketones is 1. The van der Waals surface area contributed by atoms with Gasteiger partial charge < -0.3 is 9.47 Å². The van der Waals surface area contributed by atoms with Gasteiger partial charge in [0.2, 0.25) is 0 Å². The molecule has 0 amide bonds. The molecule has 0 saturated heterocycles. The predicted molar refractivity (Wildman–Crippen MR) is 139 cm³/mol. The molecular weight excluding hydrogens is 511 g/mol. The lowest BCUT2D eigenvalue weighted by Gasteiger charge is -2.14. The highest BCUT2D eigenvalue weighted by molar-refractivity contribution is 14.1. The molecule has 4 aromatic rings. The Kier molecular flexibility index (Phi) is 6.90. The molecule has 4 aromatic carbocycles. The Morgan fingerprint density at radius 1 is 0.969 bits per heavy atom. The summed E-state index contributed by atoms with van der Waals surface area (Å²) >= 11 is 2.24. The Labute approximate surface area is 201 Å². The quantitative estimate of drug-likeness (QED) is 0.143. The van der Waals surface area contributed by atoms with Gasteiger partial charge in [0.05, 0.1) is 10.7 Å². The number of halogens is 1. The van der Waals surface area contributed by atoms with E-state index in [1.165, 1.54) is 10.8 Å². The van der Waals surface area contributed by atoms with Gasteiger partial charge in [0.15, 0.2) is 17.3 Å². The van der Waals surface area contributed by atoms with Crippen molar-refractivity contribution in [3.05, 3.63) is 111 Å². The maximum absolute atomic E-state index is 12.5. The van der Waals surface area contributed by atoms with E-state index in [-0.39, 0.29) is 5.78 Å². The molecule has 0 spiro atoms. The molecule has 0 aromatic heterocycles. The first-order valence-electron chi connectivity index (χ1n) is 10.3. The van der Waals surface area contributed by atoms with Crippen LogP contribution in [0.5, 0.6) is 11.5 Å². The fourth-order valence-corrected chi connectivity index (χ4v) is 4.31. The minimum Gasteiger partial charge on any atom is -0.493 e. The largest absolute Gasteiger partial charge is 0.493 e. The highest BCUT2D eigenvalue weighted by Gasteiger charge is 2.12. The summed E-state index contributed by atoms with van der Waals surface area (Å²) < 4.78 is 12.7. The minimum atomic E-state index is -0.0322. The van der Waals surface area contributed by atoms with Crippen LogP contribution >= 0.6 is 22.6 Å². The van der Waals surface area contributed by atoms with Gasteiger partial charge in [-0.3, -0.25) is 4.79 Å². The normalized spacial score (nSPS) is 11.1. The molecular formula is C28H23IO3. The maximum Gasteiger partial charge on any atom is 0.185 e. The predicted octanol–water partition coefficient (Wildman–Crippen LogP) is 7.24. The topological polar surface area (TPSA) is 35.5 Å². The monoisotopic (exact) mass is 534 g/mol. The summed E-state index contributed by atoms with van der Waals surface area (Å²) in [6.45, 7) is 2.44. The summed E-state index contributed by atoms with van der Waals surface area (Å²) in [5, 5.41) is 2.37. The molecule has 4 heteroatoms. The minimum absolute atomic E-state index is 0.0322. The van der Waals surface area contributed by atoms with Crippen molar-refractivity contribution >= 4 is 45.2 Å². The van der Waals surface area contributed by atoms with Crippen LogP contribution in [0.3, 0.4) is 0 Å². The second-order valence-corrected chi connectivity index (χ2v) is 8.69. The van der Waals surface area contributed by atoms with E-state index in [1.807, 2.05) is 61.5 Å². The van der Waals surface area contributed by atoms with Gasteiger partial charge in [-0.15, -0.1) is 0 Å². The molecule has 160 valence electrons. The Morgan fingerprint density at radius 2 is 1.72 bits per heavy atom. The van der Waals surface area contributed by atoms with Crippen LogP contribution in [-0.4, -0.2) is 12.9 Å². The number of methoxy groups -OCH3 is 1. The fourth-order valence-electron chi connectivity index (χ4n) is 3.53. The van der Waals surface area contributed by atoms with Crippen LogP contribution in [0.15, 0.2) is 84.9 Å². The van der Waals surface area contributed by atoms with E-state index in [4.69, 9.17) is 9.47 Å². The summed E-state index contributed by atoms with van der Waals surface area (Å²) in [4.78, 5) is 12.5. The van der Waals surface area contributed by atoms with Crippen LogP contribution in [0.25, 0.3) is 16.8 Å². The molecule has 0 heterocycles. The third kappa shape index (κ3) is 5.02. The van der Waals surface area contributed by atoms with Gasteiger partial charge in [-0.05, 0) is 69.6 Å². The number of allylic oxidation sites excluding steroid dienone is 1. The summed E-state index contributed by atoms with van der Waals surface area (Å²) in [5.41, 5.74) is 3.80. The van der Waals surface area contributed by atoms with E-state index >= 15 is 0 Å². The summed E-state index contributed by atoms with van der Waals surface area (Å²) in [6, 6.07) is 25.9. The molecule has 0 bridgehead atoms. The van der Waals surface area contributed by atoms with E-state index < -0.39 is 0 Å². The second kappa shape index (κ2) is 10.0. The Bertz CT molecular complexity index is 1280. The van der Waals surface area contributed by atoms with Gasteiger partial charge in [0.25, 0.3) is 0 Å². The van der Waals surface area contributed by atoms with E-state index in [2.05, 4.69) is 46.9 Å². The average Bonchev–Trinajstić information content (AvgIpc) is 2.82. The van der Waals surface area contributed by atoms with Crippen LogP contribution in [0.2, 0.25) is 0 Å². The van der Waals surface area contributed by atoms with Gasteiger partial charge in [-0.2, -0.15) is 0 Å². The van der Waals surface area contributed by atoms with Crippen molar-refractivity contribution in [3.63, 3.8) is 0 Å². The fraction of sp³-hybridized carbons (Fsp3) is 0.107. The van der Waals surface area contributed by atoms with Gasteiger partial charge in [0, 0.05) is 5.56 Å². The van der Waals surface area contributed by atoms with Gasteiger partial charge >= 0.3 is 0 Å². The van der Waals surface area contributed by atoms with Crippen molar-refractivity contribution in [1.82, 2.24) is 0 Å². The maximum atomic E-state index is 12.5. The molecule has 0 aliphatic heterocycles. The highest BCUT2D eigenvalue weighted by Crippen LogP contribution is 2.35. The molecule has 3 nitrogen and oxygen atoms in total. The smallest absolute Gasteiger partial charge is 0.185 e. The first kappa shape index (κ1) is 22.1. The van der Waals surface area contributed by atoms with Crippen LogP contribution < -0.4 is 9.47 Å². The number of carbonyl (C=O) groups is 1. The number of fused-ring (bicyclic) bond motifs is 1. The Hall–Kier alpha value is -3.12. The Balaban J connectivity index is 1.54. The molecule has 32 heavy (non-hydrogen) atoms. The number of benzene rings is 4. The zero-order chi connectivity index (χ0) is 22.5. The number of hydrogen-bond acceptors (Lipinski definition) is 3. The van der Waals surface area contributed by atoms with E-state index in [1.54, 1.807) is 19.3 Å². The molecule has 0 radical (unpaired) electrons. The zero-order valence-corrected chi connectivity index (χ0v) is 20.1. The lowest BCUT2D eigenvalue weighted by Crippen LogP contribution is -2.01. The van der Waals surface area contributed by atoms with Crippen molar-refractivity contribution in [2.45, 2.75) is 13.5 Å². The number of ether oxygens (including phenoxy) is 2. The first-order valence-corrected chi connectivity index (χ1v) is 11.4. The van der Waals surface area contributed by atoms with Crippen molar-refractivity contribution in [2.24, 2.45) is 0 Å². The summed E-state index contributed by atoms with van der Waals surface area (Å²) in [5.74, 6) is 1.30. The molecule has 0 unspecified atom stereocenters. The van der Waals surface area contributed by atoms with Gasteiger partial charge in [-0.25, -0.2) is 0 Å². The van der Waals surface area contributed by atoms with Gasteiger partial charge in [-0.1, -0.05) is 78.4 Å². The van der Waals surface area contributed by atoms with Gasteiger partial charge in [0.1, 0.15) is 6.61 Å². The standard InChI is InChI=1S/C28H23IO3/c1-19-10-13-22(14-11-19)26(30)15-12-20-16-25(29)28(27(17-20)31-2)32-18-23-8-5-7-21-6-3-4-9-24(21)23/h3-17H,18H2,1-2H3/b15-12+. The van der Waals surface area contributed by atoms with E-state index in [9.17, 15) is 4.79 Å². The third-order valence-electron chi connectivity index (χ3n) is 5.27. The number of hydrogen-bond donors (Lipinski definition) is 0. The molecule has 0 N–H and O–H groups in total. The number of carbonyl (C=O) groups excluding carboxylic acids is 1. The molecule has 0 saturated carbocycles. The van der Waals surface area contributed by atoms with E-state index in [0.717, 1.165) is 20.3 Å². The third-order valence-corrected chi connectivity index (χ3v) is 6.07. The lowest BCUT2D eigenvalue weighted by molar-refractivity contribution is 0.104. The molecule has 0 aliphatic rings. The molecule has 0 fully saturated rings. The lowest BCUT2D eigenvalue weighted by atomic mass is 10.1. The number of aryl methyl sites for hydroxylation is 1. The average molecular weight is 534 g/mol. The van der Waals surface area contributed by atoms with Crippen LogP contribution in [-0.2, 0) is 6.61 Å². The van der Waals surface area contributed by atoms with Crippen LogP contribution in [0, 0.1) is 10.5 Å².